The van der Waals surface area contributed by atoms with E-state index in [0.717, 1.165) is 30.6 Å². The van der Waals surface area contributed by atoms with E-state index in [9.17, 15) is 4.79 Å². The van der Waals surface area contributed by atoms with Crippen LogP contribution in [0.1, 0.15) is 44.0 Å². The van der Waals surface area contributed by atoms with Crippen molar-refractivity contribution in [2.75, 3.05) is 11.9 Å². The standard InChI is InChI=1S/C14H22N2O/c1-4-5-10-15-14(17)12-8-6-7-9-13(12)16-11(2)3/h6-9,11,16H,4-5,10H2,1-3H3,(H,15,17). The third kappa shape index (κ3) is 4.47. The number of carbonyl (C=O) groups excluding carboxylic acids is 1. The number of anilines is 1. The lowest BCUT2D eigenvalue weighted by Crippen LogP contribution is -2.26. The molecule has 0 spiro atoms. The maximum absolute atomic E-state index is 12.0. The summed E-state index contributed by atoms with van der Waals surface area (Å²) in [5.41, 5.74) is 1.62. The van der Waals surface area contributed by atoms with Gasteiger partial charge < -0.3 is 10.6 Å². The molecule has 0 unspecified atom stereocenters. The lowest BCUT2D eigenvalue weighted by atomic mass is 10.1. The number of carbonyl (C=O) groups is 1. The van der Waals surface area contributed by atoms with E-state index in [0.29, 0.717) is 6.04 Å². The van der Waals surface area contributed by atoms with Crippen molar-refractivity contribution in [2.24, 2.45) is 0 Å². The summed E-state index contributed by atoms with van der Waals surface area (Å²) < 4.78 is 0. The molecule has 0 saturated carbocycles. The Balaban J connectivity index is 2.71. The maximum atomic E-state index is 12.0. The van der Waals surface area contributed by atoms with Crippen LogP contribution in [0.2, 0.25) is 0 Å². The van der Waals surface area contributed by atoms with Crippen LogP contribution in [0, 0.1) is 0 Å². The monoisotopic (exact) mass is 234 g/mol. The summed E-state index contributed by atoms with van der Waals surface area (Å²) in [7, 11) is 0. The first-order valence-corrected chi connectivity index (χ1v) is 6.29. The molecule has 0 atom stereocenters. The predicted octanol–water partition coefficient (Wildman–Crippen LogP) is 3.04. The molecule has 0 heterocycles. The molecule has 0 aliphatic heterocycles. The first kappa shape index (κ1) is 13.6. The lowest BCUT2D eigenvalue weighted by molar-refractivity contribution is 0.0954. The molecule has 0 aliphatic carbocycles. The van der Waals surface area contributed by atoms with Crippen molar-refractivity contribution in [3.8, 4) is 0 Å². The normalized spacial score (nSPS) is 10.4. The second kappa shape index (κ2) is 6.94. The van der Waals surface area contributed by atoms with E-state index in [2.05, 4.69) is 31.4 Å². The van der Waals surface area contributed by atoms with Gasteiger partial charge in [-0.3, -0.25) is 4.79 Å². The van der Waals surface area contributed by atoms with Gasteiger partial charge >= 0.3 is 0 Å². The van der Waals surface area contributed by atoms with Gasteiger partial charge in [-0.25, -0.2) is 0 Å². The molecule has 0 saturated heterocycles. The molecule has 1 amide bonds. The van der Waals surface area contributed by atoms with Gasteiger partial charge in [0.25, 0.3) is 5.91 Å². The van der Waals surface area contributed by atoms with Crippen molar-refractivity contribution in [3.63, 3.8) is 0 Å². The van der Waals surface area contributed by atoms with Crippen LogP contribution in [0.25, 0.3) is 0 Å². The molecule has 1 aromatic rings. The number of benzene rings is 1. The van der Waals surface area contributed by atoms with Gasteiger partial charge in [-0.15, -0.1) is 0 Å². The van der Waals surface area contributed by atoms with Crippen molar-refractivity contribution in [3.05, 3.63) is 29.8 Å². The minimum Gasteiger partial charge on any atom is -0.382 e. The van der Waals surface area contributed by atoms with Crippen LogP contribution in [0.15, 0.2) is 24.3 Å². The average molecular weight is 234 g/mol. The van der Waals surface area contributed by atoms with Crippen molar-refractivity contribution >= 4 is 11.6 Å². The summed E-state index contributed by atoms with van der Waals surface area (Å²) in [5.74, 6) is 0.00204. The summed E-state index contributed by atoms with van der Waals surface area (Å²) in [6.45, 7) is 6.98. The van der Waals surface area contributed by atoms with Gasteiger partial charge in [0.1, 0.15) is 0 Å². The van der Waals surface area contributed by atoms with Gasteiger partial charge in [-0.05, 0) is 32.4 Å². The van der Waals surface area contributed by atoms with Crippen LogP contribution in [-0.2, 0) is 0 Å². The molecular formula is C14H22N2O. The van der Waals surface area contributed by atoms with Gasteiger partial charge in [0, 0.05) is 18.3 Å². The Morgan fingerprint density at radius 2 is 2.00 bits per heavy atom. The van der Waals surface area contributed by atoms with Crippen molar-refractivity contribution in [2.45, 2.75) is 39.7 Å². The average Bonchev–Trinajstić information content (AvgIpc) is 2.29. The van der Waals surface area contributed by atoms with E-state index < -0.39 is 0 Å². The number of nitrogens with one attached hydrogen (secondary N) is 2. The number of hydrogen-bond acceptors (Lipinski definition) is 2. The van der Waals surface area contributed by atoms with E-state index in [1.54, 1.807) is 0 Å². The summed E-state index contributed by atoms with van der Waals surface area (Å²) >= 11 is 0. The van der Waals surface area contributed by atoms with E-state index in [1.807, 2.05) is 24.3 Å². The second-order valence-electron chi connectivity index (χ2n) is 4.45. The fraction of sp³-hybridized carbons (Fsp3) is 0.500. The Morgan fingerprint density at radius 3 is 2.65 bits per heavy atom. The smallest absolute Gasteiger partial charge is 0.253 e. The molecule has 1 aromatic carbocycles. The van der Waals surface area contributed by atoms with Crippen LogP contribution in [0.3, 0.4) is 0 Å². The van der Waals surface area contributed by atoms with E-state index >= 15 is 0 Å². The van der Waals surface area contributed by atoms with Crippen LogP contribution >= 0.6 is 0 Å². The fourth-order valence-electron chi connectivity index (χ4n) is 1.59. The van der Waals surface area contributed by atoms with Crippen molar-refractivity contribution in [1.82, 2.24) is 5.32 Å². The van der Waals surface area contributed by atoms with Crippen LogP contribution in [0.5, 0.6) is 0 Å². The Labute approximate surface area is 104 Å². The predicted molar refractivity (Wildman–Crippen MR) is 72.4 cm³/mol. The number of para-hydroxylation sites is 1. The molecule has 1 rings (SSSR count). The summed E-state index contributed by atoms with van der Waals surface area (Å²) in [4.78, 5) is 12.0. The molecule has 3 nitrogen and oxygen atoms in total. The third-order valence-electron chi connectivity index (χ3n) is 2.43. The van der Waals surface area contributed by atoms with E-state index in [-0.39, 0.29) is 5.91 Å². The van der Waals surface area contributed by atoms with Crippen LogP contribution < -0.4 is 10.6 Å². The number of hydrogen-bond donors (Lipinski definition) is 2. The Kier molecular flexibility index (Phi) is 5.53. The molecule has 0 aromatic heterocycles. The van der Waals surface area contributed by atoms with Crippen molar-refractivity contribution < 1.29 is 4.79 Å². The van der Waals surface area contributed by atoms with E-state index in [1.165, 1.54) is 0 Å². The second-order valence-corrected chi connectivity index (χ2v) is 4.45. The number of unbranched alkanes of at least 4 members (excludes halogenated alkanes) is 1. The van der Waals surface area contributed by atoms with Gasteiger partial charge in [0.05, 0.1) is 5.56 Å². The molecule has 17 heavy (non-hydrogen) atoms. The quantitative estimate of drug-likeness (QED) is 0.743. The highest BCUT2D eigenvalue weighted by Gasteiger charge is 2.10. The third-order valence-corrected chi connectivity index (χ3v) is 2.43. The summed E-state index contributed by atoms with van der Waals surface area (Å²) in [6.07, 6.45) is 2.11. The molecule has 0 fully saturated rings. The zero-order chi connectivity index (χ0) is 12.7. The minimum absolute atomic E-state index is 0.00204. The molecule has 2 N–H and O–H groups in total. The van der Waals surface area contributed by atoms with Crippen molar-refractivity contribution in [1.29, 1.82) is 0 Å². The van der Waals surface area contributed by atoms with E-state index in [4.69, 9.17) is 0 Å². The highest BCUT2D eigenvalue weighted by Crippen LogP contribution is 2.15. The Morgan fingerprint density at radius 1 is 1.29 bits per heavy atom. The van der Waals surface area contributed by atoms with Gasteiger partial charge in [0.2, 0.25) is 0 Å². The Hall–Kier alpha value is -1.51. The lowest BCUT2D eigenvalue weighted by Gasteiger charge is -2.14. The molecular weight excluding hydrogens is 212 g/mol. The van der Waals surface area contributed by atoms with Gasteiger partial charge in [-0.1, -0.05) is 25.5 Å². The maximum Gasteiger partial charge on any atom is 0.253 e. The van der Waals surface area contributed by atoms with Crippen LogP contribution in [-0.4, -0.2) is 18.5 Å². The fourth-order valence-corrected chi connectivity index (χ4v) is 1.59. The molecule has 3 heteroatoms. The highest BCUT2D eigenvalue weighted by atomic mass is 16.1. The highest BCUT2D eigenvalue weighted by molar-refractivity contribution is 5.99. The molecule has 94 valence electrons. The van der Waals surface area contributed by atoms with Gasteiger partial charge in [0.15, 0.2) is 0 Å². The number of rotatable bonds is 6. The molecule has 0 radical (unpaired) electrons. The van der Waals surface area contributed by atoms with Crippen LogP contribution in [0.4, 0.5) is 5.69 Å². The summed E-state index contributed by atoms with van der Waals surface area (Å²) in [5, 5.41) is 6.22. The summed E-state index contributed by atoms with van der Waals surface area (Å²) in [6, 6.07) is 7.94. The first-order chi connectivity index (χ1) is 8.15. The number of amides is 1. The van der Waals surface area contributed by atoms with Gasteiger partial charge in [-0.2, -0.15) is 0 Å². The SMILES string of the molecule is CCCCNC(=O)c1ccccc1NC(C)C. The molecule has 0 aliphatic rings. The topological polar surface area (TPSA) is 41.1 Å². The zero-order valence-electron chi connectivity index (χ0n) is 10.9. The molecule has 0 bridgehead atoms. The zero-order valence-corrected chi connectivity index (χ0v) is 10.9. The Bertz CT molecular complexity index is 361. The minimum atomic E-state index is 0.00204. The first-order valence-electron chi connectivity index (χ1n) is 6.29. The largest absolute Gasteiger partial charge is 0.382 e.